The fourth-order valence-corrected chi connectivity index (χ4v) is 3.42. The Bertz CT molecular complexity index is 1200. The number of hydrogen-bond donors (Lipinski definition) is 2. The van der Waals surface area contributed by atoms with E-state index in [9.17, 15) is 14.4 Å². The summed E-state index contributed by atoms with van der Waals surface area (Å²) in [5, 5.41) is 0. The van der Waals surface area contributed by atoms with Crippen LogP contribution in [0.25, 0.3) is 0 Å². The number of amides is 1. The van der Waals surface area contributed by atoms with Crippen molar-refractivity contribution in [2.45, 2.75) is 40.2 Å². The van der Waals surface area contributed by atoms with Crippen molar-refractivity contribution in [2.75, 3.05) is 17.2 Å². The average Bonchev–Trinajstić information content (AvgIpc) is 2.75. The van der Waals surface area contributed by atoms with Crippen molar-refractivity contribution in [3.63, 3.8) is 0 Å². The van der Waals surface area contributed by atoms with Crippen molar-refractivity contribution < 1.29 is 4.79 Å². The van der Waals surface area contributed by atoms with Gasteiger partial charge in [0.15, 0.2) is 5.69 Å². The number of benzene rings is 2. The molecule has 2 aromatic carbocycles. The lowest BCUT2D eigenvalue weighted by molar-refractivity contribution is 0.0986. The zero-order valence-corrected chi connectivity index (χ0v) is 18.1. The molecule has 31 heavy (non-hydrogen) atoms. The lowest BCUT2D eigenvalue weighted by Gasteiger charge is -2.25. The maximum absolute atomic E-state index is 13.4. The number of rotatable bonds is 7. The highest BCUT2D eigenvalue weighted by Crippen LogP contribution is 2.22. The zero-order valence-electron chi connectivity index (χ0n) is 18.1. The third kappa shape index (κ3) is 4.77. The van der Waals surface area contributed by atoms with Crippen LogP contribution in [0.2, 0.25) is 0 Å². The van der Waals surface area contributed by atoms with Crippen LogP contribution in [0.1, 0.15) is 46.8 Å². The first-order valence-electron chi connectivity index (χ1n) is 10.4. The van der Waals surface area contributed by atoms with Crippen molar-refractivity contribution in [3.05, 3.63) is 91.6 Å². The Balaban J connectivity index is 2.11. The van der Waals surface area contributed by atoms with Gasteiger partial charge in [-0.05, 0) is 49.1 Å². The van der Waals surface area contributed by atoms with E-state index in [-0.39, 0.29) is 24.0 Å². The Labute approximate surface area is 181 Å². The second-order valence-corrected chi connectivity index (χ2v) is 7.67. The normalized spacial score (nSPS) is 10.8. The summed E-state index contributed by atoms with van der Waals surface area (Å²) in [6.45, 7) is 6.42. The minimum absolute atomic E-state index is 0.00668. The molecule has 0 spiro atoms. The van der Waals surface area contributed by atoms with Gasteiger partial charge in [0, 0.05) is 12.1 Å². The molecule has 1 aromatic heterocycles. The monoisotopic (exact) mass is 420 g/mol. The summed E-state index contributed by atoms with van der Waals surface area (Å²) in [4.78, 5) is 42.4. The van der Waals surface area contributed by atoms with Gasteiger partial charge in [-0.3, -0.25) is 19.1 Å². The predicted octanol–water partition coefficient (Wildman–Crippen LogP) is 3.23. The first-order chi connectivity index (χ1) is 14.8. The highest BCUT2D eigenvalue weighted by atomic mass is 16.2. The van der Waals surface area contributed by atoms with Crippen molar-refractivity contribution in [1.29, 1.82) is 0 Å². The van der Waals surface area contributed by atoms with Crippen LogP contribution in [0.5, 0.6) is 0 Å². The number of nitrogens with two attached hydrogens (primary N) is 1. The minimum Gasteiger partial charge on any atom is -0.383 e. The second-order valence-electron chi connectivity index (χ2n) is 7.67. The molecule has 0 saturated heterocycles. The summed E-state index contributed by atoms with van der Waals surface area (Å²) in [7, 11) is 0. The zero-order chi connectivity index (χ0) is 22.5. The number of aromatic amines is 1. The third-order valence-corrected chi connectivity index (χ3v) is 5.40. The number of aryl methyl sites for hydroxylation is 2. The van der Waals surface area contributed by atoms with E-state index < -0.39 is 11.2 Å². The first kappa shape index (κ1) is 22.1. The van der Waals surface area contributed by atoms with E-state index in [1.54, 1.807) is 12.1 Å². The van der Waals surface area contributed by atoms with E-state index in [2.05, 4.69) is 4.98 Å². The predicted molar refractivity (Wildman–Crippen MR) is 124 cm³/mol. The molecule has 7 nitrogen and oxygen atoms in total. The van der Waals surface area contributed by atoms with Gasteiger partial charge in [0.05, 0.1) is 6.54 Å². The highest BCUT2D eigenvalue weighted by Gasteiger charge is 2.25. The Kier molecular flexibility index (Phi) is 6.74. The van der Waals surface area contributed by atoms with Crippen LogP contribution in [0, 0.1) is 13.8 Å². The van der Waals surface area contributed by atoms with E-state index in [1.165, 1.54) is 9.47 Å². The molecule has 0 atom stereocenters. The average molecular weight is 421 g/mol. The Morgan fingerprint density at radius 1 is 1.06 bits per heavy atom. The molecule has 0 fully saturated rings. The molecular formula is C24H28N4O3. The third-order valence-electron chi connectivity index (χ3n) is 5.40. The first-order valence-corrected chi connectivity index (χ1v) is 10.4. The summed E-state index contributed by atoms with van der Waals surface area (Å²) < 4.78 is 1.29. The number of anilines is 2. The molecule has 0 unspecified atom stereocenters. The minimum atomic E-state index is -0.667. The fourth-order valence-electron chi connectivity index (χ4n) is 3.42. The van der Waals surface area contributed by atoms with Crippen LogP contribution in [-0.2, 0) is 6.54 Å². The largest absolute Gasteiger partial charge is 0.383 e. The van der Waals surface area contributed by atoms with E-state index >= 15 is 0 Å². The summed E-state index contributed by atoms with van der Waals surface area (Å²) >= 11 is 0. The van der Waals surface area contributed by atoms with Crippen LogP contribution in [0.4, 0.5) is 11.5 Å². The Morgan fingerprint density at radius 3 is 2.42 bits per heavy atom. The lowest BCUT2D eigenvalue weighted by Crippen LogP contribution is -2.41. The van der Waals surface area contributed by atoms with Crippen LogP contribution in [0.15, 0.2) is 58.1 Å². The molecule has 162 valence electrons. The van der Waals surface area contributed by atoms with Gasteiger partial charge in [0.2, 0.25) is 0 Å². The molecule has 0 aliphatic heterocycles. The SMILES string of the molecule is CCCCN(C(=O)c1ccc(C)c(C)c1)c1c(N)n(Cc2ccccc2)c(=O)[nH]c1=O. The molecule has 0 bridgehead atoms. The summed E-state index contributed by atoms with van der Waals surface area (Å²) in [5.74, 6) is -0.343. The smallest absolute Gasteiger partial charge is 0.330 e. The molecule has 0 aliphatic rings. The van der Waals surface area contributed by atoms with Crippen LogP contribution < -0.4 is 21.9 Å². The Hall–Kier alpha value is -3.61. The molecule has 1 heterocycles. The Morgan fingerprint density at radius 2 is 1.77 bits per heavy atom. The molecule has 3 aromatic rings. The molecule has 0 saturated carbocycles. The number of carbonyl (C=O) groups excluding carboxylic acids is 1. The number of hydrogen-bond acceptors (Lipinski definition) is 4. The van der Waals surface area contributed by atoms with E-state index in [4.69, 9.17) is 5.73 Å². The molecular weight excluding hydrogens is 392 g/mol. The number of nitrogens with zero attached hydrogens (tertiary/aromatic N) is 2. The van der Waals surface area contributed by atoms with Crippen molar-refractivity contribution in [1.82, 2.24) is 9.55 Å². The van der Waals surface area contributed by atoms with Gasteiger partial charge in [0.25, 0.3) is 11.5 Å². The van der Waals surface area contributed by atoms with E-state index in [0.29, 0.717) is 18.5 Å². The van der Waals surface area contributed by atoms with Crippen molar-refractivity contribution in [3.8, 4) is 0 Å². The summed E-state index contributed by atoms with van der Waals surface area (Å²) in [6.07, 6.45) is 1.52. The number of H-pyrrole nitrogens is 1. The second kappa shape index (κ2) is 9.47. The van der Waals surface area contributed by atoms with Gasteiger partial charge >= 0.3 is 5.69 Å². The summed E-state index contributed by atoms with van der Waals surface area (Å²) in [6, 6.07) is 14.8. The van der Waals surface area contributed by atoms with Gasteiger partial charge in [-0.1, -0.05) is 49.7 Å². The van der Waals surface area contributed by atoms with Crippen molar-refractivity contribution >= 4 is 17.4 Å². The number of unbranched alkanes of at least 4 members (excludes halogenated alkanes) is 1. The van der Waals surface area contributed by atoms with Crippen LogP contribution >= 0.6 is 0 Å². The van der Waals surface area contributed by atoms with Gasteiger partial charge in [-0.2, -0.15) is 0 Å². The number of aromatic nitrogens is 2. The molecule has 1 amide bonds. The van der Waals surface area contributed by atoms with Crippen LogP contribution in [-0.4, -0.2) is 22.0 Å². The maximum atomic E-state index is 13.4. The van der Waals surface area contributed by atoms with E-state index in [0.717, 1.165) is 23.1 Å². The van der Waals surface area contributed by atoms with E-state index in [1.807, 2.05) is 57.2 Å². The molecule has 3 rings (SSSR count). The number of nitrogen functional groups attached to an aromatic ring is 1. The van der Waals surface area contributed by atoms with Gasteiger partial charge < -0.3 is 10.6 Å². The highest BCUT2D eigenvalue weighted by molar-refractivity contribution is 6.07. The van der Waals surface area contributed by atoms with Crippen LogP contribution in [0.3, 0.4) is 0 Å². The molecule has 0 aliphatic carbocycles. The van der Waals surface area contributed by atoms with Gasteiger partial charge in [-0.15, -0.1) is 0 Å². The topological polar surface area (TPSA) is 101 Å². The number of carbonyl (C=O) groups is 1. The van der Waals surface area contributed by atoms with Gasteiger partial charge in [0.1, 0.15) is 5.82 Å². The quantitative estimate of drug-likeness (QED) is 0.613. The summed E-state index contributed by atoms with van der Waals surface area (Å²) in [5.41, 5.74) is 8.44. The van der Waals surface area contributed by atoms with Gasteiger partial charge in [-0.25, -0.2) is 4.79 Å². The van der Waals surface area contributed by atoms with Crippen molar-refractivity contribution in [2.24, 2.45) is 0 Å². The number of nitrogens with one attached hydrogen (secondary N) is 1. The fraction of sp³-hybridized carbons (Fsp3) is 0.292. The molecule has 3 N–H and O–H groups in total. The molecule has 7 heteroatoms. The maximum Gasteiger partial charge on any atom is 0.330 e. The lowest BCUT2D eigenvalue weighted by atomic mass is 10.1. The standard InChI is InChI=1S/C24H28N4O3/c1-4-5-13-27(23(30)19-12-11-16(2)17(3)14-19)20-21(25)28(24(31)26-22(20)29)15-18-9-7-6-8-10-18/h6-12,14H,4-5,13,15,25H2,1-3H3,(H,26,29,31). The molecule has 0 radical (unpaired) electrons.